The molecule has 0 fully saturated rings. The van der Waals surface area contributed by atoms with Gasteiger partial charge in [-0.3, -0.25) is 0 Å². The quantitative estimate of drug-likeness (QED) is 0.842. The summed E-state index contributed by atoms with van der Waals surface area (Å²) >= 11 is 9.65. The minimum atomic E-state index is 0.707. The molecule has 0 saturated carbocycles. The van der Waals surface area contributed by atoms with E-state index in [1.807, 2.05) is 43.3 Å². The van der Waals surface area contributed by atoms with Gasteiger partial charge >= 0.3 is 0 Å². The summed E-state index contributed by atoms with van der Waals surface area (Å²) in [6.07, 6.45) is 0. The fourth-order valence-electron chi connectivity index (χ4n) is 1.80. The lowest BCUT2D eigenvalue weighted by molar-refractivity contribution is 0.414. The maximum Gasteiger partial charge on any atom is 0.119 e. The molecule has 0 aliphatic rings. The highest BCUT2D eigenvalue weighted by Gasteiger charge is 2.05. The Bertz CT molecular complexity index is 586. The van der Waals surface area contributed by atoms with Crippen LogP contribution in [0.1, 0.15) is 11.1 Å². The van der Waals surface area contributed by atoms with Gasteiger partial charge in [-0.05, 0) is 48.4 Å². The fraction of sp³-hybridized carbons (Fsp3) is 0.200. The van der Waals surface area contributed by atoms with Gasteiger partial charge in [-0.15, -0.1) is 0 Å². The first-order valence-electron chi connectivity index (χ1n) is 5.93. The molecule has 2 aromatic rings. The Hall–Kier alpha value is -1.19. The molecule has 2 rings (SSSR count). The molecule has 0 heterocycles. The number of rotatable bonds is 4. The first-order valence-corrected chi connectivity index (χ1v) is 7.10. The normalized spacial score (nSPS) is 10.3. The van der Waals surface area contributed by atoms with Crippen molar-refractivity contribution in [2.24, 2.45) is 0 Å². The Morgan fingerprint density at radius 2 is 2.05 bits per heavy atom. The van der Waals surface area contributed by atoms with Crippen LogP contribution in [0.4, 0.5) is 5.69 Å². The molecule has 0 unspecified atom stereocenters. The van der Waals surface area contributed by atoms with Gasteiger partial charge in [0, 0.05) is 21.7 Å². The second-order valence-corrected chi connectivity index (χ2v) is 5.48. The van der Waals surface area contributed by atoms with Crippen LogP contribution in [-0.2, 0) is 6.54 Å². The summed E-state index contributed by atoms with van der Waals surface area (Å²) in [5, 5.41) is 4.17. The van der Waals surface area contributed by atoms with Crippen molar-refractivity contribution in [3.63, 3.8) is 0 Å². The Morgan fingerprint density at radius 1 is 1.26 bits per heavy atom. The summed E-state index contributed by atoms with van der Waals surface area (Å²) < 4.78 is 6.29. The first-order chi connectivity index (χ1) is 9.11. The topological polar surface area (TPSA) is 21.3 Å². The summed E-state index contributed by atoms with van der Waals surface area (Å²) in [7, 11) is 1.67. The van der Waals surface area contributed by atoms with Gasteiger partial charge in [-0.1, -0.05) is 33.6 Å². The van der Waals surface area contributed by atoms with Gasteiger partial charge in [0.25, 0.3) is 0 Å². The first kappa shape index (κ1) is 14.2. The van der Waals surface area contributed by atoms with Crippen molar-refractivity contribution in [3.05, 3.63) is 57.0 Å². The molecule has 0 radical (unpaired) electrons. The van der Waals surface area contributed by atoms with Crippen molar-refractivity contribution in [1.82, 2.24) is 0 Å². The predicted molar refractivity (Wildman–Crippen MR) is 84.2 cm³/mol. The lowest BCUT2D eigenvalue weighted by atomic mass is 10.1. The van der Waals surface area contributed by atoms with Crippen LogP contribution in [0.25, 0.3) is 0 Å². The molecule has 0 aromatic heterocycles. The van der Waals surface area contributed by atoms with Crippen LogP contribution in [0.5, 0.6) is 5.75 Å². The van der Waals surface area contributed by atoms with Gasteiger partial charge in [0.2, 0.25) is 0 Å². The highest BCUT2D eigenvalue weighted by molar-refractivity contribution is 9.10. The van der Waals surface area contributed by atoms with E-state index in [9.17, 15) is 0 Å². The standard InChI is InChI=1S/C15H15BrClNO/c1-10-14(17)4-3-5-15(10)18-9-11-8-12(19-2)6-7-13(11)16/h3-8,18H,9H2,1-2H3. The maximum atomic E-state index is 6.11. The molecule has 0 bridgehead atoms. The van der Waals surface area contributed by atoms with Crippen LogP contribution in [0, 0.1) is 6.92 Å². The number of halogens is 2. The number of anilines is 1. The van der Waals surface area contributed by atoms with Gasteiger partial charge in [0.05, 0.1) is 7.11 Å². The second kappa shape index (κ2) is 6.31. The predicted octanol–water partition coefficient (Wildman–Crippen LogP) is 5.03. The van der Waals surface area contributed by atoms with Crippen LogP contribution in [0.3, 0.4) is 0 Å². The van der Waals surface area contributed by atoms with E-state index in [2.05, 4.69) is 21.2 Å². The molecule has 100 valence electrons. The van der Waals surface area contributed by atoms with Crippen molar-refractivity contribution in [2.75, 3.05) is 12.4 Å². The van der Waals surface area contributed by atoms with Crippen molar-refractivity contribution in [3.8, 4) is 5.75 Å². The largest absolute Gasteiger partial charge is 0.497 e. The number of hydrogen-bond donors (Lipinski definition) is 1. The molecule has 0 aliphatic heterocycles. The van der Waals surface area contributed by atoms with Crippen LogP contribution in [0.2, 0.25) is 5.02 Å². The van der Waals surface area contributed by atoms with Crippen molar-refractivity contribution in [1.29, 1.82) is 0 Å². The number of hydrogen-bond acceptors (Lipinski definition) is 2. The minimum Gasteiger partial charge on any atom is -0.497 e. The molecule has 2 nitrogen and oxygen atoms in total. The van der Waals surface area contributed by atoms with E-state index in [0.29, 0.717) is 6.54 Å². The van der Waals surface area contributed by atoms with Gasteiger partial charge < -0.3 is 10.1 Å². The van der Waals surface area contributed by atoms with Gasteiger partial charge in [-0.25, -0.2) is 0 Å². The van der Waals surface area contributed by atoms with Gasteiger partial charge in [0.15, 0.2) is 0 Å². The third-order valence-corrected chi connectivity index (χ3v) is 4.17. The molecule has 0 amide bonds. The number of methoxy groups -OCH3 is 1. The average molecular weight is 341 g/mol. The zero-order valence-electron chi connectivity index (χ0n) is 10.8. The summed E-state index contributed by atoms with van der Waals surface area (Å²) in [5.41, 5.74) is 3.24. The van der Waals surface area contributed by atoms with E-state index in [1.54, 1.807) is 7.11 Å². The Morgan fingerprint density at radius 3 is 2.79 bits per heavy atom. The van der Waals surface area contributed by atoms with E-state index in [1.165, 1.54) is 0 Å². The monoisotopic (exact) mass is 339 g/mol. The summed E-state index contributed by atoms with van der Waals surface area (Å²) in [6.45, 7) is 2.71. The van der Waals surface area contributed by atoms with Crippen molar-refractivity contribution < 1.29 is 4.74 Å². The Kier molecular flexibility index (Phi) is 4.72. The average Bonchev–Trinajstić information content (AvgIpc) is 2.42. The highest BCUT2D eigenvalue weighted by atomic mass is 79.9. The van der Waals surface area contributed by atoms with Crippen LogP contribution in [-0.4, -0.2) is 7.11 Å². The molecule has 0 saturated heterocycles. The zero-order valence-corrected chi connectivity index (χ0v) is 13.2. The van der Waals surface area contributed by atoms with E-state index in [0.717, 1.165) is 32.1 Å². The molecular weight excluding hydrogens is 326 g/mol. The molecule has 19 heavy (non-hydrogen) atoms. The highest BCUT2D eigenvalue weighted by Crippen LogP contribution is 2.26. The third kappa shape index (κ3) is 3.43. The molecule has 2 aromatic carbocycles. The number of nitrogens with one attached hydrogen (secondary N) is 1. The van der Waals surface area contributed by atoms with E-state index in [-0.39, 0.29) is 0 Å². The number of benzene rings is 2. The molecule has 0 aliphatic carbocycles. The second-order valence-electron chi connectivity index (χ2n) is 4.22. The van der Waals surface area contributed by atoms with E-state index >= 15 is 0 Å². The van der Waals surface area contributed by atoms with E-state index < -0.39 is 0 Å². The van der Waals surface area contributed by atoms with E-state index in [4.69, 9.17) is 16.3 Å². The van der Waals surface area contributed by atoms with Crippen LogP contribution < -0.4 is 10.1 Å². The van der Waals surface area contributed by atoms with Crippen LogP contribution in [0.15, 0.2) is 40.9 Å². The lowest BCUT2D eigenvalue weighted by Gasteiger charge is -2.12. The minimum absolute atomic E-state index is 0.707. The molecular formula is C15H15BrClNO. The Balaban J connectivity index is 2.16. The molecule has 0 spiro atoms. The van der Waals surface area contributed by atoms with Gasteiger partial charge in [-0.2, -0.15) is 0 Å². The van der Waals surface area contributed by atoms with Gasteiger partial charge in [0.1, 0.15) is 5.75 Å². The van der Waals surface area contributed by atoms with Crippen LogP contribution >= 0.6 is 27.5 Å². The molecule has 4 heteroatoms. The van der Waals surface area contributed by atoms with Crippen molar-refractivity contribution in [2.45, 2.75) is 13.5 Å². The smallest absolute Gasteiger partial charge is 0.119 e. The Labute approximate surface area is 126 Å². The molecule has 1 N–H and O–H groups in total. The SMILES string of the molecule is COc1ccc(Br)c(CNc2cccc(Cl)c2C)c1. The third-order valence-electron chi connectivity index (χ3n) is 2.99. The summed E-state index contributed by atoms with van der Waals surface area (Å²) in [6, 6.07) is 11.8. The lowest BCUT2D eigenvalue weighted by Crippen LogP contribution is -2.02. The molecule has 0 atom stereocenters. The summed E-state index contributed by atoms with van der Waals surface area (Å²) in [4.78, 5) is 0. The number of ether oxygens (including phenoxy) is 1. The van der Waals surface area contributed by atoms with Crippen molar-refractivity contribution >= 4 is 33.2 Å². The summed E-state index contributed by atoms with van der Waals surface area (Å²) in [5.74, 6) is 0.850. The zero-order chi connectivity index (χ0) is 13.8. The fourth-order valence-corrected chi connectivity index (χ4v) is 2.36. The maximum absolute atomic E-state index is 6.11.